The van der Waals surface area contributed by atoms with Gasteiger partial charge in [-0.2, -0.15) is 0 Å². The summed E-state index contributed by atoms with van der Waals surface area (Å²) < 4.78 is 0. The normalized spacial score (nSPS) is 10.9. The Hall–Kier alpha value is -1.21. The maximum absolute atomic E-state index is 9.64. The van der Waals surface area contributed by atoms with Crippen molar-refractivity contribution in [3.63, 3.8) is 0 Å². The molecule has 0 aliphatic heterocycles. The van der Waals surface area contributed by atoms with Crippen molar-refractivity contribution in [1.82, 2.24) is 0 Å². The third kappa shape index (κ3) is 15.3. The Balaban J connectivity index is 0. The Kier molecular flexibility index (Phi) is 11.1. The number of carboxylic acids is 2. The molecule has 1 unspecified atom stereocenters. The van der Waals surface area contributed by atoms with Gasteiger partial charge in [-0.25, -0.2) is 0 Å². The minimum atomic E-state index is -1.08. The van der Waals surface area contributed by atoms with Gasteiger partial charge >= 0.3 is 11.9 Å². The number of carboxylic acid groups (broad SMARTS) is 2. The Labute approximate surface area is 98.5 Å². The zero-order valence-electron chi connectivity index (χ0n) is 8.92. The fraction of sp³-hybridized carbons (Fsp3) is 0.667. The van der Waals surface area contributed by atoms with E-state index in [0.29, 0.717) is 6.42 Å². The number of aliphatic hydroxyl groups excluding tert-OH is 2. The lowest BCUT2D eigenvalue weighted by atomic mass is 10.2. The van der Waals surface area contributed by atoms with E-state index in [-0.39, 0.29) is 17.9 Å². The summed E-state index contributed by atoms with van der Waals surface area (Å²) in [6, 6.07) is 0. The number of carbonyl (C=O) groups is 2. The molecule has 0 fully saturated rings. The van der Waals surface area contributed by atoms with E-state index in [1.807, 2.05) is 6.92 Å². The van der Waals surface area contributed by atoms with Gasteiger partial charge in [0.05, 0.1) is 12.8 Å². The molecule has 4 N–H and O–H groups in total. The average molecular weight is 252 g/mol. The molecule has 0 saturated heterocycles. The highest BCUT2D eigenvalue weighted by molar-refractivity contribution is 7.80. The molecule has 0 saturated carbocycles. The Morgan fingerprint density at radius 3 is 1.62 bits per heavy atom. The van der Waals surface area contributed by atoms with Gasteiger partial charge in [-0.3, -0.25) is 9.59 Å². The molecule has 6 nitrogen and oxygen atoms in total. The average Bonchev–Trinajstić information content (AvgIpc) is 2.16. The zero-order chi connectivity index (χ0) is 13.1. The number of aliphatic carboxylic acids is 2. The van der Waals surface area contributed by atoms with Gasteiger partial charge in [0.1, 0.15) is 6.10 Å². The standard InChI is InChI=1S/C5H10O2S.C4H6O4/c1-2-3-4(6)5(7)8;5-3(6)1-2-4(7)8/h4,6H,2-3H2,1H3,(H,7,8);1-2H2,(H,5,6)(H,7,8). The third-order valence-electron chi connectivity index (χ3n) is 1.40. The smallest absolute Gasteiger partial charge is 0.303 e. The fourth-order valence-electron chi connectivity index (χ4n) is 0.611. The van der Waals surface area contributed by atoms with Gasteiger partial charge in [0.15, 0.2) is 5.05 Å². The lowest BCUT2D eigenvalue weighted by Gasteiger charge is -2.02. The molecular formula is C9H16O6S. The largest absolute Gasteiger partial charge is 0.500 e. The third-order valence-corrected chi connectivity index (χ3v) is 1.67. The predicted molar refractivity (Wildman–Crippen MR) is 60.6 cm³/mol. The van der Waals surface area contributed by atoms with Crippen LogP contribution in [-0.2, 0) is 9.59 Å². The Morgan fingerprint density at radius 1 is 1.12 bits per heavy atom. The van der Waals surface area contributed by atoms with Gasteiger partial charge in [0.2, 0.25) is 0 Å². The highest BCUT2D eigenvalue weighted by Crippen LogP contribution is 1.95. The van der Waals surface area contributed by atoms with Crippen molar-refractivity contribution < 1.29 is 30.0 Å². The van der Waals surface area contributed by atoms with Gasteiger partial charge in [0.25, 0.3) is 0 Å². The zero-order valence-corrected chi connectivity index (χ0v) is 9.74. The first-order valence-electron chi connectivity index (χ1n) is 4.65. The fourth-order valence-corrected chi connectivity index (χ4v) is 0.729. The van der Waals surface area contributed by atoms with Crippen molar-refractivity contribution in [1.29, 1.82) is 0 Å². The lowest BCUT2D eigenvalue weighted by Crippen LogP contribution is -2.16. The van der Waals surface area contributed by atoms with Gasteiger partial charge in [-0.1, -0.05) is 13.3 Å². The topological polar surface area (TPSA) is 115 Å². The number of hydrogen-bond donors (Lipinski definition) is 4. The van der Waals surface area contributed by atoms with E-state index >= 15 is 0 Å². The second-order valence-electron chi connectivity index (χ2n) is 2.93. The summed E-state index contributed by atoms with van der Waals surface area (Å²) in [5, 5.41) is 32.7. The van der Waals surface area contributed by atoms with Crippen LogP contribution >= 0.6 is 12.2 Å². The van der Waals surface area contributed by atoms with E-state index < -0.39 is 18.0 Å². The van der Waals surface area contributed by atoms with Gasteiger partial charge < -0.3 is 20.4 Å². The minimum absolute atomic E-state index is 0.296. The molecule has 0 spiro atoms. The molecule has 94 valence electrons. The van der Waals surface area contributed by atoms with Crippen molar-refractivity contribution in [3.05, 3.63) is 0 Å². The number of aliphatic hydroxyl groups is 2. The molecule has 0 bridgehead atoms. The van der Waals surface area contributed by atoms with Crippen molar-refractivity contribution in [2.75, 3.05) is 0 Å². The first-order valence-corrected chi connectivity index (χ1v) is 5.06. The summed E-state index contributed by atoms with van der Waals surface area (Å²) in [5.41, 5.74) is 0. The number of rotatable bonds is 6. The molecule has 0 aliphatic carbocycles. The van der Waals surface area contributed by atoms with Crippen LogP contribution in [0.3, 0.4) is 0 Å². The van der Waals surface area contributed by atoms with E-state index in [4.69, 9.17) is 20.4 Å². The van der Waals surface area contributed by atoms with Crippen LogP contribution in [0.5, 0.6) is 0 Å². The van der Waals surface area contributed by atoms with E-state index in [2.05, 4.69) is 12.2 Å². The van der Waals surface area contributed by atoms with Crippen LogP contribution in [0.1, 0.15) is 32.6 Å². The summed E-state index contributed by atoms with van der Waals surface area (Å²) in [4.78, 5) is 19.3. The molecule has 0 aromatic carbocycles. The molecular weight excluding hydrogens is 236 g/mol. The summed E-state index contributed by atoms with van der Waals surface area (Å²) in [5.74, 6) is -2.15. The quantitative estimate of drug-likeness (QED) is 0.520. The molecule has 0 rings (SSSR count). The second kappa shape index (κ2) is 10.3. The van der Waals surface area contributed by atoms with Gasteiger partial charge in [0, 0.05) is 0 Å². The SMILES string of the molecule is CCCC(O)C(O)=S.O=C(O)CCC(=O)O. The van der Waals surface area contributed by atoms with Crippen molar-refractivity contribution in [3.8, 4) is 0 Å². The molecule has 0 heterocycles. The van der Waals surface area contributed by atoms with Crippen LogP contribution in [0.25, 0.3) is 0 Å². The maximum atomic E-state index is 9.64. The van der Waals surface area contributed by atoms with Crippen LogP contribution in [0, 0.1) is 0 Å². The van der Waals surface area contributed by atoms with E-state index in [1.54, 1.807) is 0 Å². The molecule has 16 heavy (non-hydrogen) atoms. The molecule has 0 radical (unpaired) electrons. The lowest BCUT2D eigenvalue weighted by molar-refractivity contribution is -0.143. The number of thiocarbonyl (C=S) groups is 1. The molecule has 0 aliphatic rings. The Morgan fingerprint density at radius 2 is 1.50 bits per heavy atom. The molecule has 0 aromatic heterocycles. The summed E-state index contributed by atoms with van der Waals surface area (Å²) in [6.45, 7) is 1.92. The van der Waals surface area contributed by atoms with Crippen molar-refractivity contribution >= 4 is 29.2 Å². The highest BCUT2D eigenvalue weighted by Gasteiger charge is 2.05. The first-order chi connectivity index (χ1) is 7.31. The minimum Gasteiger partial charge on any atom is -0.500 e. The van der Waals surface area contributed by atoms with Crippen LogP contribution in [0.2, 0.25) is 0 Å². The Bertz CT molecular complexity index is 226. The maximum Gasteiger partial charge on any atom is 0.303 e. The van der Waals surface area contributed by atoms with Crippen molar-refractivity contribution in [2.45, 2.75) is 38.7 Å². The first kappa shape index (κ1) is 17.2. The van der Waals surface area contributed by atoms with Crippen LogP contribution in [0.15, 0.2) is 0 Å². The molecule has 7 heteroatoms. The van der Waals surface area contributed by atoms with E-state index in [0.717, 1.165) is 6.42 Å². The predicted octanol–water partition coefficient (Wildman–Crippen LogP) is 0.969. The van der Waals surface area contributed by atoms with E-state index in [1.165, 1.54) is 0 Å². The second-order valence-corrected chi connectivity index (χ2v) is 3.35. The van der Waals surface area contributed by atoms with Crippen LogP contribution in [-0.4, -0.2) is 43.5 Å². The molecule has 0 amide bonds. The monoisotopic (exact) mass is 252 g/mol. The highest BCUT2D eigenvalue weighted by atomic mass is 32.1. The summed E-state index contributed by atoms with van der Waals surface area (Å²) in [6.07, 6.45) is -0.00278. The summed E-state index contributed by atoms with van der Waals surface area (Å²) in [7, 11) is 0. The van der Waals surface area contributed by atoms with Gasteiger partial charge in [-0.15, -0.1) is 0 Å². The van der Waals surface area contributed by atoms with Crippen molar-refractivity contribution in [2.24, 2.45) is 0 Å². The van der Waals surface area contributed by atoms with Crippen LogP contribution < -0.4 is 0 Å². The molecule has 0 aromatic rings. The molecule has 1 atom stereocenters. The summed E-state index contributed by atoms with van der Waals surface area (Å²) >= 11 is 4.29. The number of hydrogen-bond acceptors (Lipinski definition) is 4. The van der Waals surface area contributed by atoms with Gasteiger partial charge in [-0.05, 0) is 18.6 Å². The van der Waals surface area contributed by atoms with E-state index in [9.17, 15) is 9.59 Å². The van der Waals surface area contributed by atoms with Crippen LogP contribution in [0.4, 0.5) is 0 Å².